The summed E-state index contributed by atoms with van der Waals surface area (Å²) in [5, 5.41) is 20.0. The molecule has 6 nitrogen and oxygen atoms in total. The van der Waals surface area contributed by atoms with Crippen LogP contribution in [0.3, 0.4) is 0 Å². The van der Waals surface area contributed by atoms with Gasteiger partial charge in [0, 0.05) is 17.8 Å². The van der Waals surface area contributed by atoms with Crippen LogP contribution in [0.5, 0.6) is 0 Å². The van der Waals surface area contributed by atoms with Gasteiger partial charge in [0.25, 0.3) is 0 Å². The van der Waals surface area contributed by atoms with Gasteiger partial charge >= 0.3 is 5.97 Å². The lowest BCUT2D eigenvalue weighted by atomic mass is 10.3. The molecule has 0 fully saturated rings. The molecule has 0 saturated carbocycles. The molecular formula is C10H12N4O2S. The lowest BCUT2D eigenvalue weighted by Crippen LogP contribution is -2.05. The first-order valence-electron chi connectivity index (χ1n) is 5.21. The van der Waals surface area contributed by atoms with E-state index in [1.54, 1.807) is 16.0 Å². The fourth-order valence-electron chi connectivity index (χ4n) is 1.47. The normalized spacial score (nSPS) is 10.6. The third kappa shape index (κ3) is 2.88. The monoisotopic (exact) mass is 252 g/mol. The van der Waals surface area contributed by atoms with E-state index in [0.29, 0.717) is 18.8 Å². The van der Waals surface area contributed by atoms with Gasteiger partial charge in [-0.05, 0) is 35.9 Å². The SMILES string of the molecule is Cc1ccc(-c2nnnn2CCCC(=O)O)s1. The van der Waals surface area contributed by atoms with Gasteiger partial charge in [-0.1, -0.05) is 0 Å². The first kappa shape index (κ1) is 11.7. The highest BCUT2D eigenvalue weighted by molar-refractivity contribution is 7.15. The minimum atomic E-state index is -0.799. The Bertz CT molecular complexity index is 520. The third-order valence-electron chi connectivity index (χ3n) is 2.25. The summed E-state index contributed by atoms with van der Waals surface area (Å²) in [6.45, 7) is 2.54. The van der Waals surface area contributed by atoms with Gasteiger partial charge in [0.2, 0.25) is 0 Å². The van der Waals surface area contributed by atoms with Crippen LogP contribution in [0.15, 0.2) is 12.1 Å². The van der Waals surface area contributed by atoms with Crippen molar-refractivity contribution >= 4 is 17.3 Å². The van der Waals surface area contributed by atoms with Crippen molar-refractivity contribution in [2.24, 2.45) is 0 Å². The van der Waals surface area contributed by atoms with E-state index in [-0.39, 0.29) is 6.42 Å². The van der Waals surface area contributed by atoms with E-state index >= 15 is 0 Å². The first-order valence-corrected chi connectivity index (χ1v) is 6.03. The second-order valence-corrected chi connectivity index (χ2v) is 4.92. The summed E-state index contributed by atoms with van der Waals surface area (Å²) in [4.78, 5) is 12.6. The van der Waals surface area contributed by atoms with Gasteiger partial charge in [0.15, 0.2) is 5.82 Å². The molecule has 2 aromatic rings. The highest BCUT2D eigenvalue weighted by Crippen LogP contribution is 2.25. The first-order chi connectivity index (χ1) is 8.16. The molecule has 1 N–H and O–H groups in total. The van der Waals surface area contributed by atoms with E-state index in [9.17, 15) is 4.79 Å². The van der Waals surface area contributed by atoms with Crippen LogP contribution >= 0.6 is 11.3 Å². The molecule has 17 heavy (non-hydrogen) atoms. The zero-order valence-corrected chi connectivity index (χ0v) is 10.1. The fourth-order valence-corrected chi connectivity index (χ4v) is 2.32. The van der Waals surface area contributed by atoms with Crippen LogP contribution in [0.25, 0.3) is 10.7 Å². The van der Waals surface area contributed by atoms with Crippen LogP contribution in [0.1, 0.15) is 17.7 Å². The number of hydrogen-bond acceptors (Lipinski definition) is 5. The molecule has 0 saturated heterocycles. The maximum absolute atomic E-state index is 10.4. The number of hydrogen-bond donors (Lipinski definition) is 1. The highest BCUT2D eigenvalue weighted by atomic mass is 32.1. The number of aromatic nitrogens is 4. The zero-order chi connectivity index (χ0) is 12.3. The van der Waals surface area contributed by atoms with Crippen LogP contribution in [0.2, 0.25) is 0 Å². The molecule has 2 aromatic heterocycles. The molecule has 0 aromatic carbocycles. The van der Waals surface area contributed by atoms with E-state index in [2.05, 4.69) is 15.5 Å². The number of carbonyl (C=O) groups is 1. The summed E-state index contributed by atoms with van der Waals surface area (Å²) < 4.78 is 1.65. The van der Waals surface area contributed by atoms with E-state index < -0.39 is 5.97 Å². The largest absolute Gasteiger partial charge is 0.481 e. The summed E-state index contributed by atoms with van der Waals surface area (Å²) in [5.41, 5.74) is 0. The quantitative estimate of drug-likeness (QED) is 0.873. The average molecular weight is 252 g/mol. The Labute approximate surface area is 102 Å². The van der Waals surface area contributed by atoms with Crippen molar-refractivity contribution in [2.75, 3.05) is 0 Å². The molecule has 0 aliphatic carbocycles. The molecule has 0 atom stereocenters. The van der Waals surface area contributed by atoms with Gasteiger partial charge in [0.05, 0.1) is 4.88 Å². The summed E-state index contributed by atoms with van der Waals surface area (Å²) in [6.07, 6.45) is 0.653. The van der Waals surface area contributed by atoms with Gasteiger partial charge in [-0.3, -0.25) is 4.79 Å². The molecule has 0 aliphatic heterocycles. The van der Waals surface area contributed by atoms with Crippen molar-refractivity contribution < 1.29 is 9.90 Å². The number of thiophene rings is 1. The fraction of sp³-hybridized carbons (Fsp3) is 0.400. The van der Waals surface area contributed by atoms with Gasteiger partial charge < -0.3 is 5.11 Å². The predicted octanol–water partition coefficient (Wildman–Crippen LogP) is 1.57. The predicted molar refractivity (Wildman–Crippen MR) is 62.7 cm³/mol. The summed E-state index contributed by atoms with van der Waals surface area (Å²) >= 11 is 1.62. The van der Waals surface area contributed by atoms with Crippen LogP contribution in [0.4, 0.5) is 0 Å². The molecule has 0 radical (unpaired) electrons. The van der Waals surface area contributed by atoms with Crippen molar-refractivity contribution in [3.8, 4) is 10.7 Å². The minimum absolute atomic E-state index is 0.128. The lowest BCUT2D eigenvalue weighted by Gasteiger charge is -2.01. The second kappa shape index (κ2) is 5.05. The van der Waals surface area contributed by atoms with Gasteiger partial charge in [-0.15, -0.1) is 16.4 Å². The number of carboxylic acid groups (broad SMARTS) is 1. The Kier molecular flexibility index (Phi) is 3.48. The molecular weight excluding hydrogens is 240 g/mol. The number of nitrogens with zero attached hydrogens (tertiary/aromatic N) is 4. The zero-order valence-electron chi connectivity index (χ0n) is 9.33. The Morgan fingerprint density at radius 2 is 2.35 bits per heavy atom. The number of carboxylic acids is 1. The summed E-state index contributed by atoms with van der Waals surface area (Å²) in [5.74, 6) is -0.0971. The maximum Gasteiger partial charge on any atom is 0.303 e. The van der Waals surface area contributed by atoms with E-state index in [4.69, 9.17) is 5.11 Å². The summed E-state index contributed by atoms with van der Waals surface area (Å²) in [6, 6.07) is 3.98. The maximum atomic E-state index is 10.4. The Morgan fingerprint density at radius 1 is 1.53 bits per heavy atom. The van der Waals surface area contributed by atoms with Crippen LogP contribution < -0.4 is 0 Å². The molecule has 90 valence electrons. The van der Waals surface area contributed by atoms with Crippen LogP contribution in [-0.4, -0.2) is 31.3 Å². The van der Waals surface area contributed by atoms with E-state index in [1.165, 1.54) is 4.88 Å². The van der Waals surface area contributed by atoms with Crippen molar-refractivity contribution in [1.82, 2.24) is 20.2 Å². The Morgan fingerprint density at radius 3 is 3.00 bits per heavy atom. The van der Waals surface area contributed by atoms with E-state index in [0.717, 1.165) is 4.88 Å². The molecule has 0 unspecified atom stereocenters. The molecule has 2 heterocycles. The highest BCUT2D eigenvalue weighted by Gasteiger charge is 2.10. The van der Waals surface area contributed by atoms with Crippen molar-refractivity contribution in [3.63, 3.8) is 0 Å². The van der Waals surface area contributed by atoms with Gasteiger partial charge in [-0.2, -0.15) is 0 Å². The van der Waals surface area contributed by atoms with Crippen molar-refractivity contribution in [3.05, 3.63) is 17.0 Å². The van der Waals surface area contributed by atoms with E-state index in [1.807, 2.05) is 19.1 Å². The standard InChI is InChI=1S/C10H12N4O2S/c1-7-4-5-8(17-7)10-11-12-13-14(10)6-2-3-9(15)16/h4-5H,2-3,6H2,1H3,(H,15,16). The van der Waals surface area contributed by atoms with Crippen LogP contribution in [0, 0.1) is 6.92 Å². The third-order valence-corrected chi connectivity index (χ3v) is 3.25. The second-order valence-electron chi connectivity index (χ2n) is 3.63. The molecule has 0 spiro atoms. The Hall–Kier alpha value is -1.76. The van der Waals surface area contributed by atoms with Gasteiger partial charge in [-0.25, -0.2) is 4.68 Å². The number of aliphatic carboxylic acids is 1. The molecule has 0 aliphatic rings. The Balaban J connectivity index is 2.09. The minimum Gasteiger partial charge on any atom is -0.481 e. The van der Waals surface area contributed by atoms with Crippen molar-refractivity contribution in [1.29, 1.82) is 0 Å². The molecule has 7 heteroatoms. The molecule has 0 amide bonds. The number of tetrazole rings is 1. The number of aryl methyl sites for hydroxylation is 2. The topological polar surface area (TPSA) is 80.9 Å². The molecule has 2 rings (SSSR count). The van der Waals surface area contributed by atoms with Gasteiger partial charge in [0.1, 0.15) is 0 Å². The smallest absolute Gasteiger partial charge is 0.303 e. The average Bonchev–Trinajstić information content (AvgIpc) is 2.86. The summed E-state index contributed by atoms with van der Waals surface area (Å²) in [7, 11) is 0. The molecule has 0 bridgehead atoms. The van der Waals surface area contributed by atoms with Crippen molar-refractivity contribution in [2.45, 2.75) is 26.3 Å². The lowest BCUT2D eigenvalue weighted by molar-refractivity contribution is -0.137. The number of rotatable bonds is 5. The van der Waals surface area contributed by atoms with Crippen LogP contribution in [-0.2, 0) is 11.3 Å².